The number of hydrogen-bond acceptors (Lipinski definition) is 2. The number of rotatable bonds is 2. The molecule has 1 heterocycles. The van der Waals surface area contributed by atoms with Crippen LogP contribution in [0.4, 0.5) is 4.39 Å². The van der Waals surface area contributed by atoms with E-state index in [-0.39, 0.29) is 23.2 Å². The van der Waals surface area contributed by atoms with Gasteiger partial charge < -0.3 is 5.73 Å². The Labute approximate surface area is 112 Å². The molecule has 1 aliphatic rings. The van der Waals surface area contributed by atoms with E-state index in [0.717, 1.165) is 38.0 Å². The maximum atomic E-state index is 13.2. The van der Waals surface area contributed by atoms with Crippen molar-refractivity contribution in [3.8, 4) is 0 Å². The average molecular weight is 279 g/mol. The van der Waals surface area contributed by atoms with Crippen LogP contribution in [0.1, 0.15) is 18.4 Å². The zero-order valence-corrected chi connectivity index (χ0v) is 11.1. The minimum absolute atomic E-state index is 0. The highest BCUT2D eigenvalue weighted by Gasteiger charge is 2.16. The number of likely N-dealkylation sites (tertiary alicyclic amines) is 1. The van der Waals surface area contributed by atoms with E-state index < -0.39 is 0 Å². The summed E-state index contributed by atoms with van der Waals surface area (Å²) in [5, 5.41) is 0.185. The number of piperidine rings is 1. The lowest BCUT2D eigenvalue weighted by atomic mass is 10.1. The summed E-state index contributed by atoms with van der Waals surface area (Å²) in [4.78, 5) is 2.30. The maximum Gasteiger partial charge on any atom is 0.142 e. The van der Waals surface area contributed by atoms with Crippen molar-refractivity contribution in [1.29, 1.82) is 0 Å². The molecule has 1 aliphatic heterocycles. The van der Waals surface area contributed by atoms with Gasteiger partial charge in [0, 0.05) is 12.6 Å². The fourth-order valence-electron chi connectivity index (χ4n) is 2.01. The summed E-state index contributed by atoms with van der Waals surface area (Å²) >= 11 is 5.64. The molecule has 0 amide bonds. The van der Waals surface area contributed by atoms with Crippen molar-refractivity contribution in [3.63, 3.8) is 0 Å². The van der Waals surface area contributed by atoms with E-state index in [1.54, 1.807) is 6.07 Å². The maximum absolute atomic E-state index is 13.2. The van der Waals surface area contributed by atoms with E-state index in [4.69, 9.17) is 17.3 Å². The van der Waals surface area contributed by atoms with Crippen LogP contribution < -0.4 is 5.73 Å². The van der Waals surface area contributed by atoms with Gasteiger partial charge in [-0.15, -0.1) is 12.4 Å². The molecule has 0 bridgehead atoms. The van der Waals surface area contributed by atoms with Crippen molar-refractivity contribution in [2.45, 2.75) is 25.4 Å². The van der Waals surface area contributed by atoms with E-state index in [1.807, 2.05) is 6.07 Å². The molecular formula is C12H17Cl2FN2. The number of halogens is 3. The quantitative estimate of drug-likeness (QED) is 0.902. The normalized spacial score (nSPS) is 17.8. The van der Waals surface area contributed by atoms with Crippen molar-refractivity contribution in [1.82, 2.24) is 4.90 Å². The van der Waals surface area contributed by atoms with Gasteiger partial charge in [0.05, 0.1) is 5.02 Å². The molecule has 96 valence electrons. The molecule has 0 radical (unpaired) electrons. The standard InChI is InChI=1S/C12H16ClFN2.ClH/c13-11-2-1-9(7-12(11)14)8-16-5-3-10(15)4-6-16;/h1-2,7,10H,3-6,8,15H2;1H. The topological polar surface area (TPSA) is 29.3 Å². The van der Waals surface area contributed by atoms with Crippen LogP contribution in [0.25, 0.3) is 0 Å². The van der Waals surface area contributed by atoms with Gasteiger partial charge in [-0.2, -0.15) is 0 Å². The Kier molecular flexibility index (Phi) is 5.67. The van der Waals surface area contributed by atoms with Crippen LogP contribution in [0.2, 0.25) is 5.02 Å². The molecule has 2 N–H and O–H groups in total. The Morgan fingerprint density at radius 1 is 1.35 bits per heavy atom. The van der Waals surface area contributed by atoms with Gasteiger partial charge >= 0.3 is 0 Å². The first-order chi connectivity index (χ1) is 7.65. The molecule has 0 unspecified atom stereocenters. The fourth-order valence-corrected chi connectivity index (χ4v) is 2.12. The van der Waals surface area contributed by atoms with Crippen molar-refractivity contribution in [2.75, 3.05) is 13.1 Å². The molecule has 5 heteroatoms. The summed E-state index contributed by atoms with van der Waals surface area (Å²) in [7, 11) is 0. The first kappa shape index (κ1) is 14.7. The largest absolute Gasteiger partial charge is 0.328 e. The van der Waals surface area contributed by atoms with Gasteiger partial charge in [0.15, 0.2) is 0 Å². The summed E-state index contributed by atoms with van der Waals surface area (Å²) in [5.41, 5.74) is 6.80. The highest BCUT2D eigenvalue weighted by Crippen LogP contribution is 2.18. The molecule has 0 atom stereocenters. The molecular weight excluding hydrogens is 262 g/mol. The van der Waals surface area contributed by atoms with Crippen molar-refractivity contribution < 1.29 is 4.39 Å². The van der Waals surface area contributed by atoms with Crippen LogP contribution in [0.5, 0.6) is 0 Å². The monoisotopic (exact) mass is 278 g/mol. The highest BCUT2D eigenvalue weighted by molar-refractivity contribution is 6.30. The van der Waals surface area contributed by atoms with Crippen LogP contribution in [0.15, 0.2) is 18.2 Å². The predicted molar refractivity (Wildman–Crippen MR) is 71.1 cm³/mol. The molecule has 0 saturated carbocycles. The van der Waals surface area contributed by atoms with Crippen molar-refractivity contribution in [3.05, 3.63) is 34.6 Å². The molecule has 2 nitrogen and oxygen atoms in total. The van der Waals surface area contributed by atoms with Crippen LogP contribution in [-0.4, -0.2) is 24.0 Å². The number of nitrogens with two attached hydrogens (primary N) is 1. The molecule has 0 aliphatic carbocycles. The third-order valence-electron chi connectivity index (χ3n) is 3.02. The first-order valence-corrected chi connectivity index (χ1v) is 5.95. The summed E-state index contributed by atoms with van der Waals surface area (Å²) < 4.78 is 13.2. The van der Waals surface area contributed by atoms with Gasteiger partial charge in [0.2, 0.25) is 0 Å². The molecule has 1 aromatic carbocycles. The zero-order valence-electron chi connectivity index (χ0n) is 9.53. The first-order valence-electron chi connectivity index (χ1n) is 5.57. The third kappa shape index (κ3) is 4.11. The summed E-state index contributed by atoms with van der Waals surface area (Å²) in [6.45, 7) is 2.76. The van der Waals surface area contributed by atoms with Gasteiger partial charge in [-0.05, 0) is 43.6 Å². The molecule has 1 aromatic rings. The Balaban J connectivity index is 0.00000144. The van der Waals surface area contributed by atoms with Gasteiger partial charge in [-0.1, -0.05) is 17.7 Å². The van der Waals surface area contributed by atoms with Gasteiger partial charge in [-0.25, -0.2) is 4.39 Å². The summed E-state index contributed by atoms with van der Waals surface area (Å²) in [6, 6.07) is 5.33. The molecule has 2 rings (SSSR count). The van der Waals surface area contributed by atoms with E-state index in [2.05, 4.69) is 4.90 Å². The minimum atomic E-state index is -0.340. The van der Waals surface area contributed by atoms with Crippen LogP contribution >= 0.6 is 24.0 Å². The molecule has 1 fully saturated rings. The Morgan fingerprint density at radius 3 is 2.59 bits per heavy atom. The van der Waals surface area contributed by atoms with E-state index >= 15 is 0 Å². The van der Waals surface area contributed by atoms with Crippen molar-refractivity contribution in [2.24, 2.45) is 5.73 Å². The van der Waals surface area contributed by atoms with Gasteiger partial charge in [-0.3, -0.25) is 4.90 Å². The van der Waals surface area contributed by atoms with E-state index in [0.29, 0.717) is 6.04 Å². The molecule has 1 saturated heterocycles. The Morgan fingerprint density at radius 2 is 2.00 bits per heavy atom. The SMILES string of the molecule is Cl.NC1CCN(Cc2ccc(Cl)c(F)c2)CC1. The molecule has 17 heavy (non-hydrogen) atoms. The second kappa shape index (κ2) is 6.55. The summed E-state index contributed by atoms with van der Waals surface area (Å²) in [6.07, 6.45) is 2.05. The number of nitrogens with zero attached hydrogens (tertiary/aromatic N) is 1. The lowest BCUT2D eigenvalue weighted by Crippen LogP contribution is -2.39. The van der Waals surface area contributed by atoms with Crippen LogP contribution in [0.3, 0.4) is 0 Å². The number of hydrogen-bond donors (Lipinski definition) is 1. The zero-order chi connectivity index (χ0) is 11.5. The highest BCUT2D eigenvalue weighted by atomic mass is 35.5. The van der Waals surface area contributed by atoms with E-state index in [1.165, 1.54) is 6.07 Å². The average Bonchev–Trinajstić information content (AvgIpc) is 2.27. The van der Waals surface area contributed by atoms with Crippen LogP contribution in [-0.2, 0) is 6.54 Å². The number of benzene rings is 1. The minimum Gasteiger partial charge on any atom is -0.328 e. The van der Waals surface area contributed by atoms with Crippen LogP contribution in [0, 0.1) is 5.82 Å². The predicted octanol–water partition coefficient (Wildman–Crippen LogP) is 2.82. The smallest absolute Gasteiger partial charge is 0.142 e. The second-order valence-corrected chi connectivity index (χ2v) is 4.77. The third-order valence-corrected chi connectivity index (χ3v) is 3.33. The van der Waals surface area contributed by atoms with Gasteiger partial charge in [0.25, 0.3) is 0 Å². The van der Waals surface area contributed by atoms with E-state index in [9.17, 15) is 4.39 Å². The lowest BCUT2D eigenvalue weighted by Gasteiger charge is -2.30. The molecule has 0 spiro atoms. The Bertz CT molecular complexity index is 366. The summed E-state index contributed by atoms with van der Waals surface area (Å²) in [5.74, 6) is -0.340. The van der Waals surface area contributed by atoms with Crippen molar-refractivity contribution >= 4 is 24.0 Å². The van der Waals surface area contributed by atoms with Gasteiger partial charge in [0.1, 0.15) is 5.82 Å². The fraction of sp³-hybridized carbons (Fsp3) is 0.500. The Hall–Kier alpha value is -0.350. The molecule has 0 aromatic heterocycles. The second-order valence-electron chi connectivity index (χ2n) is 4.36. The lowest BCUT2D eigenvalue weighted by molar-refractivity contribution is 0.205.